The maximum Gasteiger partial charge on any atom is 0.280 e. The summed E-state index contributed by atoms with van der Waals surface area (Å²) < 4.78 is 23.6. The lowest BCUT2D eigenvalue weighted by molar-refractivity contribution is 0.0734. The molecule has 8 nitrogen and oxygen atoms in total. The largest absolute Gasteiger partial charge is 0.378 e. The molecule has 2 aromatic heterocycles. The zero-order valence-electron chi connectivity index (χ0n) is 12.0. The molecule has 0 radical (unpaired) electrons. The molecule has 1 fully saturated rings. The smallest absolute Gasteiger partial charge is 0.280 e. The number of ether oxygens (including phenoxy) is 1. The van der Waals surface area contributed by atoms with Gasteiger partial charge in [0.25, 0.3) is 5.89 Å². The fraction of sp³-hybridized carbons (Fsp3) is 0.286. The molecule has 1 aromatic carbocycles. The highest BCUT2D eigenvalue weighted by Crippen LogP contribution is 2.19. The van der Waals surface area contributed by atoms with Gasteiger partial charge in [0, 0.05) is 6.54 Å². The molecule has 9 heteroatoms. The van der Waals surface area contributed by atoms with Gasteiger partial charge in [-0.05, 0) is 24.3 Å². The predicted octanol–water partition coefficient (Wildman–Crippen LogP) is 1.12. The maximum absolute atomic E-state index is 13.0. The van der Waals surface area contributed by atoms with E-state index in [0.717, 1.165) is 6.54 Å². The topological polar surface area (TPSA) is 90.9 Å². The van der Waals surface area contributed by atoms with Crippen LogP contribution in [-0.4, -0.2) is 44.9 Å². The molecule has 3 heterocycles. The Labute approximate surface area is 130 Å². The third-order valence-electron chi connectivity index (χ3n) is 3.44. The lowest BCUT2D eigenvalue weighted by Crippen LogP contribution is -2.35. The van der Waals surface area contributed by atoms with Gasteiger partial charge < -0.3 is 14.6 Å². The molecule has 0 bridgehead atoms. The van der Waals surface area contributed by atoms with Crippen molar-refractivity contribution in [1.82, 2.24) is 30.5 Å². The summed E-state index contributed by atoms with van der Waals surface area (Å²) in [5.41, 5.74) is 1.09. The number of benzene rings is 1. The molecule has 0 amide bonds. The lowest BCUT2D eigenvalue weighted by Gasteiger charge is -2.20. The van der Waals surface area contributed by atoms with Crippen LogP contribution in [0.5, 0.6) is 0 Å². The van der Waals surface area contributed by atoms with Crippen LogP contribution in [0.15, 0.2) is 35.0 Å². The zero-order valence-corrected chi connectivity index (χ0v) is 12.0. The highest BCUT2D eigenvalue weighted by Gasteiger charge is 2.22. The Morgan fingerprint density at radius 1 is 1.26 bits per heavy atom. The Morgan fingerprint density at radius 2 is 2.13 bits per heavy atom. The summed E-state index contributed by atoms with van der Waals surface area (Å²) in [6.07, 6.45) is 1.52. The van der Waals surface area contributed by atoms with Gasteiger partial charge in [0.1, 0.15) is 5.82 Å². The molecule has 1 unspecified atom stereocenters. The normalized spacial score (nSPS) is 18.2. The van der Waals surface area contributed by atoms with Crippen molar-refractivity contribution in [2.75, 3.05) is 19.8 Å². The summed E-state index contributed by atoms with van der Waals surface area (Å²) in [6, 6.07) is 5.77. The van der Waals surface area contributed by atoms with E-state index >= 15 is 0 Å². The van der Waals surface area contributed by atoms with Crippen molar-refractivity contribution < 1.29 is 13.7 Å². The molecule has 0 spiro atoms. The highest BCUT2D eigenvalue weighted by molar-refractivity contribution is 5.44. The van der Waals surface area contributed by atoms with Gasteiger partial charge in [0.15, 0.2) is 11.5 Å². The van der Waals surface area contributed by atoms with Gasteiger partial charge in [-0.1, -0.05) is 5.16 Å². The van der Waals surface area contributed by atoms with E-state index in [2.05, 4.69) is 25.7 Å². The van der Waals surface area contributed by atoms with Gasteiger partial charge in [-0.25, -0.2) is 4.39 Å². The van der Waals surface area contributed by atoms with Crippen LogP contribution in [0.1, 0.15) is 11.9 Å². The van der Waals surface area contributed by atoms with Crippen LogP contribution in [0.4, 0.5) is 4.39 Å². The molecule has 4 rings (SSSR count). The van der Waals surface area contributed by atoms with Gasteiger partial charge in [0.2, 0.25) is 0 Å². The number of aromatic nitrogens is 5. The fourth-order valence-electron chi connectivity index (χ4n) is 2.27. The minimum absolute atomic E-state index is 0.0895. The van der Waals surface area contributed by atoms with Crippen LogP contribution in [0, 0.1) is 5.82 Å². The van der Waals surface area contributed by atoms with E-state index in [0.29, 0.717) is 30.4 Å². The minimum Gasteiger partial charge on any atom is -0.378 e. The molecule has 3 aromatic rings. The van der Waals surface area contributed by atoms with Gasteiger partial charge in [0.05, 0.1) is 31.1 Å². The highest BCUT2D eigenvalue weighted by atomic mass is 19.1. The van der Waals surface area contributed by atoms with Crippen molar-refractivity contribution in [1.29, 1.82) is 0 Å². The summed E-state index contributed by atoms with van der Waals surface area (Å²) in [6.45, 7) is 1.92. The quantitative estimate of drug-likeness (QED) is 0.774. The van der Waals surface area contributed by atoms with E-state index in [9.17, 15) is 4.39 Å². The van der Waals surface area contributed by atoms with Crippen LogP contribution in [0.2, 0.25) is 0 Å². The second-order valence-corrected chi connectivity index (χ2v) is 5.04. The molecule has 118 valence electrons. The Balaban J connectivity index is 1.57. The second kappa shape index (κ2) is 5.86. The van der Waals surface area contributed by atoms with E-state index in [1.54, 1.807) is 12.1 Å². The molecule has 23 heavy (non-hydrogen) atoms. The maximum atomic E-state index is 13.0. The fourth-order valence-corrected chi connectivity index (χ4v) is 2.27. The molecule has 0 aliphatic carbocycles. The first-order valence-electron chi connectivity index (χ1n) is 7.13. The van der Waals surface area contributed by atoms with Gasteiger partial charge >= 0.3 is 0 Å². The molecule has 1 atom stereocenters. The first-order chi connectivity index (χ1) is 11.3. The lowest BCUT2D eigenvalue weighted by atomic mass is 10.2. The average Bonchev–Trinajstić information content (AvgIpc) is 3.26. The Morgan fingerprint density at radius 3 is 2.91 bits per heavy atom. The third-order valence-corrected chi connectivity index (χ3v) is 3.44. The number of morpholine rings is 1. The van der Waals surface area contributed by atoms with Crippen LogP contribution >= 0.6 is 0 Å². The Kier molecular flexibility index (Phi) is 3.56. The Hall–Kier alpha value is -2.65. The first-order valence-corrected chi connectivity index (χ1v) is 7.13. The zero-order chi connectivity index (χ0) is 15.6. The van der Waals surface area contributed by atoms with Crippen molar-refractivity contribution in [2.45, 2.75) is 6.04 Å². The molecule has 1 saturated heterocycles. The average molecular weight is 316 g/mol. The van der Waals surface area contributed by atoms with Crippen molar-refractivity contribution >= 4 is 0 Å². The van der Waals surface area contributed by atoms with Gasteiger partial charge in [-0.15, -0.1) is 5.10 Å². The number of rotatable bonds is 3. The number of nitrogens with one attached hydrogen (secondary N) is 1. The van der Waals surface area contributed by atoms with Crippen molar-refractivity contribution in [3.05, 3.63) is 42.1 Å². The number of hydrogen-bond acceptors (Lipinski definition) is 7. The van der Waals surface area contributed by atoms with Crippen molar-refractivity contribution in [3.8, 4) is 17.3 Å². The number of hydrogen-bond donors (Lipinski definition) is 1. The van der Waals surface area contributed by atoms with Crippen LogP contribution in [0.25, 0.3) is 17.3 Å². The van der Waals surface area contributed by atoms with Crippen LogP contribution in [-0.2, 0) is 4.74 Å². The molecular weight excluding hydrogens is 303 g/mol. The van der Waals surface area contributed by atoms with Crippen LogP contribution < -0.4 is 5.32 Å². The molecule has 1 aliphatic heterocycles. The third kappa shape index (κ3) is 2.83. The van der Waals surface area contributed by atoms with Crippen molar-refractivity contribution in [3.63, 3.8) is 0 Å². The monoisotopic (exact) mass is 316 g/mol. The number of halogens is 1. The second-order valence-electron chi connectivity index (χ2n) is 5.04. The van der Waals surface area contributed by atoms with Gasteiger partial charge in [-0.3, -0.25) is 0 Å². The van der Waals surface area contributed by atoms with E-state index in [1.807, 2.05) is 0 Å². The summed E-state index contributed by atoms with van der Waals surface area (Å²) in [5.74, 6) is 0.488. The predicted molar refractivity (Wildman–Crippen MR) is 76.2 cm³/mol. The minimum atomic E-state index is -0.315. The summed E-state index contributed by atoms with van der Waals surface area (Å²) >= 11 is 0. The van der Waals surface area contributed by atoms with Crippen molar-refractivity contribution in [2.24, 2.45) is 0 Å². The number of nitrogens with zero attached hydrogens (tertiary/aromatic N) is 5. The molecule has 1 aliphatic rings. The van der Waals surface area contributed by atoms with E-state index in [4.69, 9.17) is 9.26 Å². The van der Waals surface area contributed by atoms with Gasteiger partial charge in [-0.2, -0.15) is 14.9 Å². The Bertz CT molecular complexity index is 794. The SMILES string of the molecule is Fc1ccc(-n2ncc(-c3nc(C4COCCN4)no3)n2)cc1. The first kappa shape index (κ1) is 14.0. The standard InChI is InChI=1S/C14H13FN6O2/c15-9-1-3-10(4-2-9)21-17-7-11(19-21)14-18-13(20-23-14)12-8-22-6-5-16-12/h1-4,7,12,16H,5-6,8H2. The van der Waals surface area contributed by atoms with Crippen LogP contribution in [0.3, 0.4) is 0 Å². The summed E-state index contributed by atoms with van der Waals surface area (Å²) in [4.78, 5) is 5.70. The van der Waals surface area contributed by atoms with E-state index in [-0.39, 0.29) is 17.7 Å². The molecule has 1 N–H and O–H groups in total. The van der Waals surface area contributed by atoms with E-state index in [1.165, 1.54) is 23.1 Å². The molecular formula is C14H13FN6O2. The summed E-state index contributed by atoms with van der Waals surface area (Å²) in [5, 5.41) is 15.6. The summed E-state index contributed by atoms with van der Waals surface area (Å²) in [7, 11) is 0. The van der Waals surface area contributed by atoms with E-state index < -0.39 is 0 Å². The molecule has 0 saturated carbocycles.